The van der Waals surface area contributed by atoms with Crippen molar-refractivity contribution < 1.29 is 4.74 Å². The van der Waals surface area contributed by atoms with Crippen LogP contribution in [-0.2, 0) is 6.54 Å². The highest BCUT2D eigenvalue weighted by molar-refractivity contribution is 6.36. The molecule has 0 aliphatic rings. The van der Waals surface area contributed by atoms with E-state index in [9.17, 15) is 0 Å². The second-order valence-corrected chi connectivity index (χ2v) is 5.64. The molecule has 1 N–H and O–H groups in total. The highest BCUT2D eigenvalue weighted by atomic mass is 35.5. The van der Waals surface area contributed by atoms with Gasteiger partial charge in [-0.3, -0.25) is 0 Å². The Morgan fingerprint density at radius 2 is 1.90 bits per heavy atom. The molecule has 20 heavy (non-hydrogen) atoms. The number of ether oxygens (including phenoxy) is 1. The number of nitrogens with one attached hydrogen (secondary N) is 1. The molecule has 2 aromatic carbocycles. The monoisotopic (exact) mass is 309 g/mol. The van der Waals surface area contributed by atoms with Crippen molar-refractivity contribution in [3.63, 3.8) is 0 Å². The lowest BCUT2D eigenvalue weighted by molar-refractivity contribution is 0.242. The van der Waals surface area contributed by atoms with E-state index in [0.717, 1.165) is 17.0 Å². The maximum absolute atomic E-state index is 6.12. The van der Waals surface area contributed by atoms with E-state index in [1.54, 1.807) is 6.07 Å². The van der Waals surface area contributed by atoms with Gasteiger partial charge in [0.05, 0.1) is 16.8 Å². The summed E-state index contributed by atoms with van der Waals surface area (Å²) >= 11 is 12.0. The summed E-state index contributed by atoms with van der Waals surface area (Å²) in [6, 6.07) is 13.4. The zero-order chi connectivity index (χ0) is 14.5. The average Bonchev–Trinajstić information content (AvgIpc) is 2.37. The molecular weight excluding hydrogens is 293 g/mol. The number of hydrogen-bond acceptors (Lipinski definition) is 2. The smallest absolute Gasteiger partial charge is 0.120 e. The molecule has 0 amide bonds. The average molecular weight is 310 g/mol. The van der Waals surface area contributed by atoms with Crippen LogP contribution in [0.1, 0.15) is 19.4 Å². The molecule has 0 bridgehead atoms. The molecule has 0 radical (unpaired) electrons. The fourth-order valence-electron chi connectivity index (χ4n) is 1.83. The van der Waals surface area contributed by atoms with Crippen LogP contribution in [0.3, 0.4) is 0 Å². The molecule has 0 spiro atoms. The van der Waals surface area contributed by atoms with E-state index in [1.807, 2.05) is 50.2 Å². The van der Waals surface area contributed by atoms with E-state index in [-0.39, 0.29) is 6.10 Å². The molecule has 106 valence electrons. The summed E-state index contributed by atoms with van der Waals surface area (Å²) in [7, 11) is 0. The van der Waals surface area contributed by atoms with Gasteiger partial charge in [0.2, 0.25) is 0 Å². The minimum Gasteiger partial charge on any atom is -0.491 e. The minimum absolute atomic E-state index is 0.170. The zero-order valence-corrected chi connectivity index (χ0v) is 13.0. The van der Waals surface area contributed by atoms with Gasteiger partial charge in [-0.1, -0.05) is 35.3 Å². The predicted molar refractivity (Wildman–Crippen MR) is 86.0 cm³/mol. The molecule has 2 aromatic rings. The van der Waals surface area contributed by atoms with Crippen LogP contribution in [0.5, 0.6) is 5.75 Å². The van der Waals surface area contributed by atoms with Crippen molar-refractivity contribution in [1.82, 2.24) is 0 Å². The van der Waals surface area contributed by atoms with Crippen LogP contribution in [0, 0.1) is 0 Å². The lowest BCUT2D eigenvalue weighted by Gasteiger charge is -2.12. The molecule has 0 atom stereocenters. The van der Waals surface area contributed by atoms with Crippen molar-refractivity contribution in [2.24, 2.45) is 0 Å². The quantitative estimate of drug-likeness (QED) is 0.799. The van der Waals surface area contributed by atoms with Crippen LogP contribution in [0.25, 0.3) is 0 Å². The van der Waals surface area contributed by atoms with Gasteiger partial charge in [0.25, 0.3) is 0 Å². The Kier molecular flexibility index (Phi) is 5.16. The predicted octanol–water partition coefficient (Wildman–Crippen LogP) is 5.39. The molecule has 0 aliphatic heterocycles. The van der Waals surface area contributed by atoms with Crippen LogP contribution in [-0.4, -0.2) is 6.10 Å². The number of rotatable bonds is 5. The Morgan fingerprint density at radius 3 is 2.60 bits per heavy atom. The lowest BCUT2D eigenvalue weighted by Crippen LogP contribution is -2.06. The summed E-state index contributed by atoms with van der Waals surface area (Å²) in [6.45, 7) is 4.70. The highest BCUT2D eigenvalue weighted by Crippen LogP contribution is 2.26. The van der Waals surface area contributed by atoms with E-state index in [1.165, 1.54) is 0 Å². The molecule has 0 saturated heterocycles. The molecule has 0 aliphatic carbocycles. The van der Waals surface area contributed by atoms with Crippen molar-refractivity contribution in [3.05, 3.63) is 58.1 Å². The molecule has 2 rings (SSSR count). The van der Waals surface area contributed by atoms with Gasteiger partial charge in [-0.05, 0) is 49.7 Å². The van der Waals surface area contributed by atoms with E-state index in [2.05, 4.69) is 5.32 Å². The molecule has 4 heteroatoms. The van der Waals surface area contributed by atoms with Gasteiger partial charge in [-0.15, -0.1) is 0 Å². The first kappa shape index (κ1) is 15.0. The minimum atomic E-state index is 0.170. The first-order valence-corrected chi connectivity index (χ1v) is 7.24. The number of anilines is 1. The van der Waals surface area contributed by atoms with Gasteiger partial charge in [0.1, 0.15) is 5.75 Å². The normalized spacial score (nSPS) is 10.7. The summed E-state index contributed by atoms with van der Waals surface area (Å²) in [5, 5.41) is 4.54. The van der Waals surface area contributed by atoms with Crippen molar-refractivity contribution >= 4 is 28.9 Å². The van der Waals surface area contributed by atoms with E-state index in [4.69, 9.17) is 27.9 Å². The highest BCUT2D eigenvalue weighted by Gasteiger charge is 2.03. The summed E-state index contributed by atoms with van der Waals surface area (Å²) in [6.07, 6.45) is 0.170. The molecule has 0 aromatic heterocycles. The molecule has 0 unspecified atom stereocenters. The number of halogens is 2. The van der Waals surface area contributed by atoms with Crippen LogP contribution in [0.4, 0.5) is 5.69 Å². The fourth-order valence-corrected chi connectivity index (χ4v) is 2.31. The largest absolute Gasteiger partial charge is 0.491 e. The molecule has 0 saturated carbocycles. The number of benzene rings is 2. The SMILES string of the molecule is CC(C)Oc1cccc(CNc2ccc(Cl)cc2Cl)c1. The Morgan fingerprint density at radius 1 is 1.10 bits per heavy atom. The third-order valence-electron chi connectivity index (χ3n) is 2.68. The molecule has 0 fully saturated rings. The van der Waals surface area contributed by atoms with Crippen LogP contribution >= 0.6 is 23.2 Å². The topological polar surface area (TPSA) is 21.3 Å². The van der Waals surface area contributed by atoms with Crippen LogP contribution in [0.15, 0.2) is 42.5 Å². The standard InChI is InChI=1S/C16H17Cl2NO/c1-11(2)20-14-5-3-4-12(8-14)10-19-16-7-6-13(17)9-15(16)18/h3-9,11,19H,10H2,1-2H3. The zero-order valence-electron chi connectivity index (χ0n) is 11.5. The van der Waals surface area contributed by atoms with Gasteiger partial charge in [-0.25, -0.2) is 0 Å². The molecule has 0 heterocycles. The van der Waals surface area contributed by atoms with Crippen LogP contribution in [0.2, 0.25) is 10.0 Å². The van der Waals surface area contributed by atoms with Gasteiger partial charge in [-0.2, -0.15) is 0 Å². The Bertz CT molecular complexity index is 584. The van der Waals surface area contributed by atoms with E-state index < -0.39 is 0 Å². The maximum atomic E-state index is 6.12. The van der Waals surface area contributed by atoms with Crippen molar-refractivity contribution in [2.75, 3.05) is 5.32 Å². The fraction of sp³-hybridized carbons (Fsp3) is 0.250. The van der Waals surface area contributed by atoms with Gasteiger partial charge >= 0.3 is 0 Å². The summed E-state index contributed by atoms with van der Waals surface area (Å²) in [4.78, 5) is 0. The Labute approximate surface area is 129 Å². The van der Waals surface area contributed by atoms with Gasteiger partial charge in [0, 0.05) is 11.6 Å². The Hall–Kier alpha value is -1.38. The van der Waals surface area contributed by atoms with Crippen LogP contribution < -0.4 is 10.1 Å². The second kappa shape index (κ2) is 6.87. The first-order chi connectivity index (χ1) is 9.54. The van der Waals surface area contributed by atoms with Crippen molar-refractivity contribution in [3.8, 4) is 5.75 Å². The first-order valence-electron chi connectivity index (χ1n) is 6.49. The maximum Gasteiger partial charge on any atom is 0.120 e. The van der Waals surface area contributed by atoms with Crippen molar-refractivity contribution in [1.29, 1.82) is 0 Å². The molecule has 2 nitrogen and oxygen atoms in total. The third-order valence-corrected chi connectivity index (χ3v) is 3.23. The Balaban J connectivity index is 2.03. The number of hydrogen-bond donors (Lipinski definition) is 1. The molecular formula is C16H17Cl2NO. The van der Waals surface area contributed by atoms with E-state index in [0.29, 0.717) is 16.6 Å². The van der Waals surface area contributed by atoms with Gasteiger partial charge < -0.3 is 10.1 Å². The summed E-state index contributed by atoms with van der Waals surface area (Å²) in [5.74, 6) is 0.876. The second-order valence-electron chi connectivity index (χ2n) is 4.79. The van der Waals surface area contributed by atoms with Gasteiger partial charge in [0.15, 0.2) is 0 Å². The lowest BCUT2D eigenvalue weighted by atomic mass is 10.2. The van der Waals surface area contributed by atoms with E-state index >= 15 is 0 Å². The third kappa shape index (κ3) is 4.32. The van der Waals surface area contributed by atoms with Crippen molar-refractivity contribution in [2.45, 2.75) is 26.5 Å². The summed E-state index contributed by atoms with van der Waals surface area (Å²) < 4.78 is 5.68. The summed E-state index contributed by atoms with van der Waals surface area (Å²) in [5.41, 5.74) is 2.00.